The summed E-state index contributed by atoms with van der Waals surface area (Å²) in [5.41, 5.74) is 6.72. The summed E-state index contributed by atoms with van der Waals surface area (Å²) >= 11 is 0. The quantitative estimate of drug-likeness (QED) is 0.883. The highest BCUT2D eigenvalue weighted by Crippen LogP contribution is 2.35. The third kappa shape index (κ3) is 3.08. The van der Waals surface area contributed by atoms with Crippen LogP contribution in [0.5, 0.6) is 5.75 Å². The fourth-order valence-corrected chi connectivity index (χ4v) is 2.90. The van der Waals surface area contributed by atoms with Crippen LogP contribution in [0.2, 0.25) is 0 Å². The predicted molar refractivity (Wildman–Crippen MR) is 75.8 cm³/mol. The van der Waals surface area contributed by atoms with Crippen molar-refractivity contribution in [2.45, 2.75) is 44.6 Å². The maximum Gasteiger partial charge on any atom is 0.122 e. The normalized spacial score (nSPS) is 26.1. The van der Waals surface area contributed by atoms with E-state index < -0.39 is 5.54 Å². The summed E-state index contributed by atoms with van der Waals surface area (Å²) in [4.78, 5) is 0. The first-order valence-electron chi connectivity index (χ1n) is 7.10. The van der Waals surface area contributed by atoms with Crippen molar-refractivity contribution in [3.63, 3.8) is 0 Å². The lowest BCUT2D eigenvalue weighted by molar-refractivity contribution is 0.253. The molecule has 2 N–H and O–H groups in total. The van der Waals surface area contributed by atoms with E-state index in [0.717, 1.165) is 37.9 Å². The van der Waals surface area contributed by atoms with E-state index >= 15 is 0 Å². The Balaban J connectivity index is 1.89. The molecule has 2 rings (SSSR count). The lowest BCUT2D eigenvalue weighted by Crippen LogP contribution is -2.42. The summed E-state index contributed by atoms with van der Waals surface area (Å²) in [5, 5.41) is 9.18. The summed E-state index contributed by atoms with van der Waals surface area (Å²) in [6.07, 6.45) is 4.75. The maximum atomic E-state index is 9.18. The van der Waals surface area contributed by atoms with Crippen LogP contribution in [0.1, 0.15) is 38.2 Å². The first kappa shape index (κ1) is 13.9. The second-order valence-corrected chi connectivity index (χ2v) is 5.34. The molecule has 0 amide bonds. The number of para-hydroxylation sites is 1. The Hall–Kier alpha value is -1.53. The molecule has 0 bridgehead atoms. The minimum absolute atomic E-state index is 0.270. The van der Waals surface area contributed by atoms with Gasteiger partial charge in [0.15, 0.2) is 0 Å². The highest BCUT2D eigenvalue weighted by molar-refractivity contribution is 5.33. The second kappa shape index (κ2) is 6.08. The van der Waals surface area contributed by atoms with Gasteiger partial charge in [-0.1, -0.05) is 31.5 Å². The molecule has 0 saturated heterocycles. The summed E-state index contributed by atoms with van der Waals surface area (Å²) in [6, 6.07) is 10.4. The number of ether oxygens (including phenoxy) is 1. The summed E-state index contributed by atoms with van der Waals surface area (Å²) < 4.78 is 5.86. The average Bonchev–Trinajstić information content (AvgIpc) is 2.81. The molecule has 2 unspecified atom stereocenters. The van der Waals surface area contributed by atoms with Crippen LogP contribution in [0, 0.1) is 17.2 Å². The lowest BCUT2D eigenvalue weighted by Gasteiger charge is -2.23. The molecule has 0 aromatic heterocycles. The van der Waals surface area contributed by atoms with Crippen LogP contribution in [-0.4, -0.2) is 12.1 Å². The van der Waals surface area contributed by atoms with E-state index in [-0.39, 0.29) is 5.92 Å². The highest BCUT2D eigenvalue weighted by atomic mass is 16.5. The molecule has 3 nitrogen and oxygen atoms in total. The van der Waals surface area contributed by atoms with Gasteiger partial charge in [-0.15, -0.1) is 0 Å². The van der Waals surface area contributed by atoms with Crippen molar-refractivity contribution in [1.29, 1.82) is 5.26 Å². The van der Waals surface area contributed by atoms with Gasteiger partial charge in [0.1, 0.15) is 11.3 Å². The van der Waals surface area contributed by atoms with Gasteiger partial charge in [-0.25, -0.2) is 0 Å². The summed E-state index contributed by atoms with van der Waals surface area (Å²) in [6.45, 7) is 2.77. The van der Waals surface area contributed by atoms with Gasteiger partial charge in [0.25, 0.3) is 0 Å². The number of hydrogen-bond donors (Lipinski definition) is 1. The van der Waals surface area contributed by atoms with Crippen LogP contribution in [0.4, 0.5) is 0 Å². The van der Waals surface area contributed by atoms with Crippen molar-refractivity contribution < 1.29 is 4.74 Å². The van der Waals surface area contributed by atoms with E-state index in [1.807, 2.05) is 18.2 Å². The monoisotopic (exact) mass is 258 g/mol. The first-order valence-corrected chi connectivity index (χ1v) is 7.10. The van der Waals surface area contributed by atoms with Gasteiger partial charge >= 0.3 is 0 Å². The number of nitriles is 1. The molecular weight excluding hydrogens is 236 g/mol. The van der Waals surface area contributed by atoms with Crippen molar-refractivity contribution >= 4 is 0 Å². The zero-order valence-electron chi connectivity index (χ0n) is 11.6. The van der Waals surface area contributed by atoms with E-state index in [2.05, 4.69) is 19.1 Å². The third-order valence-electron chi connectivity index (χ3n) is 4.16. The molecule has 2 atom stereocenters. The van der Waals surface area contributed by atoms with Crippen LogP contribution < -0.4 is 10.5 Å². The van der Waals surface area contributed by atoms with E-state index in [9.17, 15) is 5.26 Å². The van der Waals surface area contributed by atoms with Crippen LogP contribution in [0.3, 0.4) is 0 Å². The minimum Gasteiger partial charge on any atom is -0.493 e. The van der Waals surface area contributed by atoms with Gasteiger partial charge in [0, 0.05) is 0 Å². The third-order valence-corrected chi connectivity index (χ3v) is 4.16. The predicted octanol–water partition coefficient (Wildman–Crippen LogP) is 3.04. The number of rotatable bonds is 5. The molecule has 0 radical (unpaired) electrons. The molecule has 19 heavy (non-hydrogen) atoms. The number of nitrogens with two attached hydrogens (primary N) is 1. The number of benzene rings is 1. The van der Waals surface area contributed by atoms with Crippen LogP contribution in [0.15, 0.2) is 24.3 Å². The largest absolute Gasteiger partial charge is 0.493 e. The average molecular weight is 258 g/mol. The molecule has 1 aromatic carbocycles. The van der Waals surface area contributed by atoms with Gasteiger partial charge in [0.05, 0.1) is 12.7 Å². The topological polar surface area (TPSA) is 59.0 Å². The van der Waals surface area contributed by atoms with Crippen molar-refractivity contribution in [3.05, 3.63) is 29.8 Å². The van der Waals surface area contributed by atoms with Gasteiger partial charge in [-0.05, 0) is 43.2 Å². The van der Waals surface area contributed by atoms with Gasteiger partial charge in [-0.3, -0.25) is 0 Å². The van der Waals surface area contributed by atoms with E-state index in [4.69, 9.17) is 10.5 Å². The molecule has 0 spiro atoms. The minimum atomic E-state index is -0.631. The molecule has 0 heterocycles. The Morgan fingerprint density at radius 2 is 2.26 bits per heavy atom. The van der Waals surface area contributed by atoms with Gasteiger partial charge in [-0.2, -0.15) is 5.26 Å². The molecule has 1 aromatic rings. The molecule has 3 heteroatoms. The zero-order chi connectivity index (χ0) is 13.7. The molecule has 0 aliphatic heterocycles. The molecular formula is C16H22N2O. The van der Waals surface area contributed by atoms with E-state index in [1.54, 1.807) is 0 Å². The van der Waals surface area contributed by atoms with E-state index in [0.29, 0.717) is 6.61 Å². The van der Waals surface area contributed by atoms with Crippen LogP contribution in [-0.2, 0) is 6.42 Å². The van der Waals surface area contributed by atoms with Crippen molar-refractivity contribution in [2.75, 3.05) is 6.61 Å². The zero-order valence-corrected chi connectivity index (χ0v) is 11.6. The van der Waals surface area contributed by atoms with Crippen molar-refractivity contribution in [1.82, 2.24) is 0 Å². The molecule has 1 saturated carbocycles. The number of hydrogen-bond acceptors (Lipinski definition) is 3. The SMILES string of the molecule is CCc1ccccc1OCCC1CCCC1(N)C#N. The number of aryl methyl sites for hydroxylation is 1. The van der Waals surface area contributed by atoms with Crippen LogP contribution in [0.25, 0.3) is 0 Å². The number of nitrogens with zero attached hydrogens (tertiary/aromatic N) is 1. The highest BCUT2D eigenvalue weighted by Gasteiger charge is 2.39. The molecule has 1 fully saturated rings. The molecule has 1 aliphatic rings. The Labute approximate surface area is 115 Å². The first-order chi connectivity index (χ1) is 9.19. The molecule has 102 valence electrons. The second-order valence-electron chi connectivity index (χ2n) is 5.34. The Kier molecular flexibility index (Phi) is 4.44. The van der Waals surface area contributed by atoms with E-state index in [1.165, 1.54) is 5.56 Å². The Morgan fingerprint density at radius 3 is 3.00 bits per heavy atom. The molecule has 1 aliphatic carbocycles. The summed E-state index contributed by atoms with van der Waals surface area (Å²) in [7, 11) is 0. The summed E-state index contributed by atoms with van der Waals surface area (Å²) in [5.74, 6) is 1.23. The van der Waals surface area contributed by atoms with Crippen molar-refractivity contribution in [2.24, 2.45) is 11.7 Å². The van der Waals surface area contributed by atoms with Crippen molar-refractivity contribution in [3.8, 4) is 11.8 Å². The fourth-order valence-electron chi connectivity index (χ4n) is 2.90. The van der Waals surface area contributed by atoms with Crippen LogP contribution >= 0.6 is 0 Å². The smallest absolute Gasteiger partial charge is 0.122 e. The van der Waals surface area contributed by atoms with Gasteiger partial charge in [0.2, 0.25) is 0 Å². The standard InChI is InChI=1S/C16H22N2O/c1-2-13-6-3-4-8-15(13)19-11-9-14-7-5-10-16(14,18)12-17/h3-4,6,8,14H,2,5,7,9-11,18H2,1H3. The maximum absolute atomic E-state index is 9.18. The fraction of sp³-hybridized carbons (Fsp3) is 0.562. The Morgan fingerprint density at radius 1 is 1.47 bits per heavy atom. The van der Waals surface area contributed by atoms with Gasteiger partial charge < -0.3 is 10.5 Å². The lowest BCUT2D eigenvalue weighted by atomic mass is 9.87. The Bertz CT molecular complexity index is 466.